The maximum absolute atomic E-state index is 12.7. The Morgan fingerprint density at radius 3 is 2.15 bits per heavy atom. The molecule has 1 saturated heterocycles. The van der Waals surface area contributed by atoms with Gasteiger partial charge in [0.2, 0.25) is 0 Å². The number of aliphatic hydroxyl groups is 1. The van der Waals surface area contributed by atoms with Crippen LogP contribution in [0.5, 0.6) is 0 Å². The number of carbonyl (C=O) groups excluding carboxylic acids is 3. The fourth-order valence-electron chi connectivity index (χ4n) is 12.2. The minimum Gasteiger partial charge on any atom is -0.469 e. The summed E-state index contributed by atoms with van der Waals surface area (Å²) in [6, 6.07) is 0. The monoisotopic (exact) mass is 560 g/mol. The van der Waals surface area contributed by atoms with Gasteiger partial charge in [-0.1, -0.05) is 20.8 Å². The van der Waals surface area contributed by atoms with Crippen LogP contribution in [0, 0.1) is 44.8 Å². The number of rotatable bonds is 5. The summed E-state index contributed by atoms with van der Waals surface area (Å²) in [4.78, 5) is 37.5. The number of carbonyl (C=O) groups is 3. The van der Waals surface area contributed by atoms with Crippen molar-refractivity contribution in [2.24, 2.45) is 44.8 Å². The first kappa shape index (κ1) is 28.4. The molecule has 1 N–H and O–H groups in total. The number of methoxy groups -OCH3 is 1. The van der Waals surface area contributed by atoms with Gasteiger partial charge in [-0.3, -0.25) is 14.4 Å². The third kappa shape index (κ3) is 3.29. The molecule has 3 unspecified atom stereocenters. The Bertz CT molecular complexity index is 1120. The Morgan fingerprint density at radius 2 is 1.50 bits per heavy atom. The lowest BCUT2D eigenvalue weighted by Gasteiger charge is -2.63. The van der Waals surface area contributed by atoms with Gasteiger partial charge >= 0.3 is 17.9 Å². The summed E-state index contributed by atoms with van der Waals surface area (Å²) < 4.78 is 24.1. The number of fused-ring (bicyclic) bond motifs is 1. The summed E-state index contributed by atoms with van der Waals surface area (Å²) in [5.41, 5.74) is -1.34. The van der Waals surface area contributed by atoms with E-state index in [0.717, 1.165) is 44.9 Å². The molecule has 6 aliphatic rings. The summed E-state index contributed by atoms with van der Waals surface area (Å²) in [6.45, 7) is 12.2. The molecule has 0 aromatic carbocycles. The highest BCUT2D eigenvalue weighted by molar-refractivity contribution is 5.69. The molecule has 11 atom stereocenters. The standard InChI is InChI=1S/C32H48O8/c1-18(33)39-24-25-28(5,12-11-23(36)37-7)38-17-32(25)15-14-31-16-30(31)13-10-22(35)27(3,4)20(30)8-9-21(31)29(32,6)26(24)40-19(2)34/h20-22,24-26,35H,8-17H2,1-7H3/t20?,21?,22-,24+,25+,26+,28?,29+,30+,31-,32-/m0/s1. The van der Waals surface area contributed by atoms with Gasteiger partial charge in [-0.2, -0.15) is 0 Å². The molecule has 8 nitrogen and oxygen atoms in total. The number of hydrogen-bond acceptors (Lipinski definition) is 8. The first-order valence-corrected chi connectivity index (χ1v) is 15.4. The molecule has 40 heavy (non-hydrogen) atoms. The molecule has 224 valence electrons. The van der Waals surface area contributed by atoms with Crippen LogP contribution in [-0.2, 0) is 33.3 Å². The van der Waals surface area contributed by atoms with Gasteiger partial charge < -0.3 is 24.1 Å². The molecule has 5 aliphatic carbocycles. The van der Waals surface area contributed by atoms with Gasteiger partial charge in [0.1, 0.15) is 12.2 Å². The molecule has 1 aliphatic heterocycles. The van der Waals surface area contributed by atoms with Crippen LogP contribution >= 0.6 is 0 Å². The van der Waals surface area contributed by atoms with Crippen molar-refractivity contribution in [3.05, 3.63) is 0 Å². The van der Waals surface area contributed by atoms with Gasteiger partial charge in [0, 0.05) is 37.0 Å². The van der Waals surface area contributed by atoms with Crippen molar-refractivity contribution in [3.8, 4) is 0 Å². The molecule has 0 bridgehead atoms. The fourth-order valence-corrected chi connectivity index (χ4v) is 12.2. The molecule has 0 amide bonds. The van der Waals surface area contributed by atoms with Crippen LogP contribution in [0.4, 0.5) is 0 Å². The van der Waals surface area contributed by atoms with E-state index in [1.165, 1.54) is 21.0 Å². The van der Waals surface area contributed by atoms with Crippen molar-refractivity contribution in [1.82, 2.24) is 0 Å². The van der Waals surface area contributed by atoms with E-state index in [1.54, 1.807) is 0 Å². The summed E-state index contributed by atoms with van der Waals surface area (Å²) in [5.74, 6) is -0.513. The Morgan fingerprint density at radius 1 is 0.875 bits per heavy atom. The molecule has 5 saturated carbocycles. The van der Waals surface area contributed by atoms with E-state index in [1.807, 2.05) is 6.92 Å². The lowest BCUT2D eigenvalue weighted by Crippen LogP contribution is -2.61. The van der Waals surface area contributed by atoms with E-state index in [-0.39, 0.29) is 58.0 Å². The molecule has 1 heterocycles. The first-order valence-electron chi connectivity index (χ1n) is 15.4. The van der Waals surface area contributed by atoms with Gasteiger partial charge in [-0.05, 0) is 86.4 Å². The van der Waals surface area contributed by atoms with Crippen molar-refractivity contribution in [2.45, 2.75) is 123 Å². The molecule has 6 fully saturated rings. The van der Waals surface area contributed by atoms with Gasteiger partial charge in [-0.15, -0.1) is 0 Å². The normalized spacial score (nSPS) is 51.3. The maximum atomic E-state index is 12.7. The minimum atomic E-state index is -0.732. The van der Waals surface area contributed by atoms with E-state index in [4.69, 9.17) is 18.9 Å². The van der Waals surface area contributed by atoms with Gasteiger partial charge in [0.15, 0.2) is 0 Å². The third-order valence-corrected chi connectivity index (χ3v) is 13.8. The summed E-state index contributed by atoms with van der Waals surface area (Å²) in [7, 11) is 1.39. The zero-order chi connectivity index (χ0) is 29.1. The summed E-state index contributed by atoms with van der Waals surface area (Å²) >= 11 is 0. The van der Waals surface area contributed by atoms with E-state index in [0.29, 0.717) is 18.9 Å². The van der Waals surface area contributed by atoms with Crippen LogP contribution in [0.1, 0.15) is 99.3 Å². The van der Waals surface area contributed by atoms with Gasteiger partial charge in [-0.25, -0.2) is 0 Å². The smallest absolute Gasteiger partial charge is 0.305 e. The second-order valence-electron chi connectivity index (χ2n) is 15.2. The number of esters is 3. The molecule has 0 aromatic heterocycles. The topological polar surface area (TPSA) is 108 Å². The average molecular weight is 561 g/mol. The molecular weight excluding hydrogens is 512 g/mol. The molecule has 0 radical (unpaired) electrons. The number of aliphatic hydroxyl groups excluding tert-OH is 1. The van der Waals surface area contributed by atoms with E-state index >= 15 is 0 Å². The Labute approximate surface area is 238 Å². The quantitative estimate of drug-likeness (QED) is 0.384. The van der Waals surface area contributed by atoms with Crippen LogP contribution in [0.2, 0.25) is 0 Å². The molecule has 6 rings (SSSR count). The molecule has 0 aromatic rings. The lowest BCUT2D eigenvalue weighted by molar-refractivity contribution is -0.205. The zero-order valence-corrected chi connectivity index (χ0v) is 25.3. The van der Waals surface area contributed by atoms with Crippen LogP contribution < -0.4 is 0 Å². The van der Waals surface area contributed by atoms with E-state index < -0.39 is 29.2 Å². The van der Waals surface area contributed by atoms with Crippen LogP contribution in [0.15, 0.2) is 0 Å². The SMILES string of the molecule is COC(=O)CCC1(C)OC[C@]23CC[C@@]45C[C@@]46CC[C@H](O)C(C)(C)C6CCC5[C@]2(C)[C@H](OC(C)=O)[C@H](OC(C)=O)[C@H]13. The summed E-state index contributed by atoms with van der Waals surface area (Å²) in [5, 5.41) is 11.0. The summed E-state index contributed by atoms with van der Waals surface area (Å²) in [6.07, 6.45) is 6.20. The average Bonchev–Trinajstić information content (AvgIpc) is 3.39. The van der Waals surface area contributed by atoms with Crippen molar-refractivity contribution in [3.63, 3.8) is 0 Å². The molecule has 8 heteroatoms. The Balaban J connectivity index is 1.46. The van der Waals surface area contributed by atoms with Crippen molar-refractivity contribution in [2.75, 3.05) is 13.7 Å². The second-order valence-corrected chi connectivity index (χ2v) is 15.2. The highest BCUT2D eigenvalue weighted by atomic mass is 16.6. The highest BCUT2D eigenvalue weighted by Crippen LogP contribution is 2.90. The predicted molar refractivity (Wildman–Crippen MR) is 145 cm³/mol. The van der Waals surface area contributed by atoms with Crippen LogP contribution in [0.3, 0.4) is 0 Å². The Kier molecular flexibility index (Phi) is 6.18. The largest absolute Gasteiger partial charge is 0.469 e. The third-order valence-electron chi connectivity index (χ3n) is 13.8. The van der Waals surface area contributed by atoms with Crippen LogP contribution in [0.25, 0.3) is 0 Å². The van der Waals surface area contributed by atoms with E-state index in [9.17, 15) is 19.5 Å². The van der Waals surface area contributed by atoms with Crippen molar-refractivity contribution >= 4 is 17.9 Å². The minimum absolute atomic E-state index is 0.126. The van der Waals surface area contributed by atoms with Gasteiger partial charge in [0.05, 0.1) is 25.4 Å². The Hall–Kier alpha value is -1.67. The zero-order valence-electron chi connectivity index (χ0n) is 25.3. The molecule has 3 spiro atoms. The maximum Gasteiger partial charge on any atom is 0.305 e. The number of hydrogen-bond donors (Lipinski definition) is 1. The predicted octanol–water partition coefficient (Wildman–Crippen LogP) is 4.59. The fraction of sp³-hybridized carbons (Fsp3) is 0.906. The lowest BCUT2D eigenvalue weighted by atomic mass is 9.41. The van der Waals surface area contributed by atoms with Crippen molar-refractivity contribution in [1.29, 1.82) is 0 Å². The second kappa shape index (κ2) is 8.68. The first-order chi connectivity index (χ1) is 18.6. The van der Waals surface area contributed by atoms with Crippen LogP contribution in [-0.4, -0.2) is 60.6 Å². The van der Waals surface area contributed by atoms with Gasteiger partial charge in [0.25, 0.3) is 0 Å². The molecular formula is C32H48O8. The number of ether oxygens (including phenoxy) is 4. The van der Waals surface area contributed by atoms with E-state index in [2.05, 4.69) is 20.8 Å². The highest BCUT2D eigenvalue weighted by Gasteiger charge is 2.87. The van der Waals surface area contributed by atoms with Crippen molar-refractivity contribution < 1.29 is 38.4 Å².